The van der Waals surface area contributed by atoms with Crippen LogP contribution in [0.1, 0.15) is 34.7 Å². The van der Waals surface area contributed by atoms with E-state index in [1.807, 2.05) is 30.3 Å². The first-order chi connectivity index (χ1) is 14.8. The zero-order chi connectivity index (χ0) is 23.7. The van der Waals surface area contributed by atoms with E-state index in [1.54, 1.807) is 0 Å². The normalized spacial score (nSPS) is 12.7. The first-order valence-electron chi connectivity index (χ1n) is 11.1. The Labute approximate surface area is 193 Å². The fraction of sp³-hybridized carbons (Fsp3) is 0.357. The molecule has 4 nitrogen and oxygen atoms in total. The summed E-state index contributed by atoms with van der Waals surface area (Å²) in [6, 6.07) is 22.4. The van der Waals surface area contributed by atoms with Crippen LogP contribution in [0.5, 0.6) is 11.5 Å². The number of phenolic OH excluding ortho intramolecular Hbond substituents is 2. The third kappa shape index (κ3) is 5.32. The molecule has 170 valence electrons. The molecule has 0 atom stereocenters. The van der Waals surface area contributed by atoms with Crippen molar-refractivity contribution >= 4 is 0 Å². The van der Waals surface area contributed by atoms with Crippen molar-refractivity contribution in [1.29, 1.82) is 0 Å². The SMILES string of the molecule is CC(c1ccccc1)(c1ccc(O)c(C[N+](C)(C)C)c1)c1ccc(O)c(C[N+](C)(C)C)c1. The summed E-state index contributed by atoms with van der Waals surface area (Å²) < 4.78 is 1.46. The molecule has 0 aliphatic rings. The summed E-state index contributed by atoms with van der Waals surface area (Å²) in [5.41, 5.74) is 4.83. The van der Waals surface area contributed by atoms with E-state index in [0.29, 0.717) is 11.5 Å². The monoisotopic (exact) mass is 434 g/mol. The van der Waals surface area contributed by atoms with Gasteiger partial charge in [0.25, 0.3) is 0 Å². The quantitative estimate of drug-likeness (QED) is 0.412. The van der Waals surface area contributed by atoms with Gasteiger partial charge in [-0.05, 0) is 47.9 Å². The summed E-state index contributed by atoms with van der Waals surface area (Å²) in [5.74, 6) is 0.655. The minimum Gasteiger partial charge on any atom is -0.507 e. The molecule has 0 aliphatic carbocycles. The van der Waals surface area contributed by atoms with E-state index in [9.17, 15) is 10.2 Å². The maximum absolute atomic E-state index is 10.6. The second-order valence-corrected chi connectivity index (χ2v) is 11.1. The number of benzene rings is 3. The first kappa shape index (κ1) is 23.8. The van der Waals surface area contributed by atoms with Crippen LogP contribution in [0.25, 0.3) is 0 Å². The molecule has 0 aromatic heterocycles. The fourth-order valence-electron chi connectivity index (χ4n) is 4.34. The van der Waals surface area contributed by atoms with Crippen LogP contribution in [-0.2, 0) is 18.5 Å². The Bertz CT molecular complexity index is 1010. The average Bonchev–Trinajstić information content (AvgIpc) is 2.69. The predicted octanol–water partition coefficient (Wildman–Crippen LogP) is 4.86. The standard InChI is InChI=1S/C28H36N2O2/c1-28(23-11-9-8-10-12-23,24-13-15-26(31)21(17-24)19-29(2,3)4)25-14-16-27(32)22(18-25)20-30(5,6)7/h8-18H,19-20H2,1-7H3/p+2. The smallest absolute Gasteiger partial charge is 0.124 e. The molecule has 3 aromatic carbocycles. The summed E-state index contributed by atoms with van der Waals surface area (Å²) in [4.78, 5) is 0. The lowest BCUT2D eigenvalue weighted by molar-refractivity contribution is -0.884. The largest absolute Gasteiger partial charge is 0.507 e. The van der Waals surface area contributed by atoms with Gasteiger partial charge in [-0.25, -0.2) is 0 Å². The second-order valence-electron chi connectivity index (χ2n) is 11.1. The van der Waals surface area contributed by atoms with E-state index >= 15 is 0 Å². The Morgan fingerprint density at radius 2 is 1.00 bits per heavy atom. The molecule has 0 unspecified atom stereocenters. The summed E-state index contributed by atoms with van der Waals surface area (Å²) in [6.07, 6.45) is 0. The number of quaternary nitrogens is 2. The lowest BCUT2D eigenvalue weighted by Gasteiger charge is -2.34. The number of nitrogens with zero attached hydrogens (tertiary/aromatic N) is 2. The van der Waals surface area contributed by atoms with Gasteiger partial charge in [0.1, 0.15) is 24.6 Å². The molecule has 4 heteroatoms. The molecule has 3 aromatic rings. The molecule has 0 spiro atoms. The minimum absolute atomic E-state index is 0.327. The van der Waals surface area contributed by atoms with Crippen molar-refractivity contribution < 1.29 is 19.2 Å². The van der Waals surface area contributed by atoms with Gasteiger partial charge in [0.05, 0.1) is 42.3 Å². The van der Waals surface area contributed by atoms with E-state index in [1.165, 1.54) is 5.56 Å². The van der Waals surface area contributed by atoms with Crippen LogP contribution in [0.2, 0.25) is 0 Å². The molecule has 2 N–H and O–H groups in total. The number of rotatable bonds is 7. The molecule has 0 radical (unpaired) electrons. The van der Waals surface area contributed by atoms with Crippen molar-refractivity contribution in [3.05, 3.63) is 94.5 Å². The van der Waals surface area contributed by atoms with Crippen LogP contribution < -0.4 is 0 Å². The second kappa shape index (κ2) is 8.61. The molecule has 0 aliphatic heterocycles. The van der Waals surface area contributed by atoms with Gasteiger partial charge >= 0.3 is 0 Å². The Balaban J connectivity index is 2.23. The Kier molecular flexibility index (Phi) is 6.41. The lowest BCUT2D eigenvalue weighted by atomic mass is 9.70. The van der Waals surface area contributed by atoms with E-state index < -0.39 is 5.41 Å². The van der Waals surface area contributed by atoms with Gasteiger partial charge in [-0.2, -0.15) is 0 Å². The van der Waals surface area contributed by atoms with Gasteiger partial charge in [-0.3, -0.25) is 0 Å². The van der Waals surface area contributed by atoms with Crippen molar-refractivity contribution in [2.45, 2.75) is 25.4 Å². The fourth-order valence-corrected chi connectivity index (χ4v) is 4.34. The zero-order valence-electron chi connectivity index (χ0n) is 20.6. The third-order valence-electron chi connectivity index (χ3n) is 5.95. The van der Waals surface area contributed by atoms with Gasteiger partial charge in [0.2, 0.25) is 0 Å². The highest BCUT2D eigenvalue weighted by Crippen LogP contribution is 2.41. The van der Waals surface area contributed by atoms with Gasteiger partial charge in [0.15, 0.2) is 0 Å². The van der Waals surface area contributed by atoms with E-state index in [0.717, 1.165) is 44.3 Å². The summed E-state index contributed by atoms with van der Waals surface area (Å²) >= 11 is 0. The maximum Gasteiger partial charge on any atom is 0.124 e. The molecule has 0 bridgehead atoms. The number of aromatic hydroxyl groups is 2. The third-order valence-corrected chi connectivity index (χ3v) is 5.95. The van der Waals surface area contributed by atoms with Crippen LogP contribution in [0.4, 0.5) is 0 Å². The molecule has 32 heavy (non-hydrogen) atoms. The zero-order valence-corrected chi connectivity index (χ0v) is 20.6. The highest BCUT2D eigenvalue weighted by molar-refractivity contribution is 5.54. The maximum atomic E-state index is 10.6. The van der Waals surface area contributed by atoms with E-state index in [-0.39, 0.29) is 0 Å². The summed E-state index contributed by atoms with van der Waals surface area (Å²) in [6.45, 7) is 3.69. The first-order valence-corrected chi connectivity index (χ1v) is 11.1. The van der Waals surface area contributed by atoms with Crippen LogP contribution >= 0.6 is 0 Å². The van der Waals surface area contributed by atoms with Crippen molar-refractivity contribution in [1.82, 2.24) is 0 Å². The Morgan fingerprint density at radius 1 is 0.594 bits per heavy atom. The van der Waals surface area contributed by atoms with Gasteiger partial charge < -0.3 is 19.2 Å². The summed E-state index contributed by atoms with van der Waals surface area (Å²) in [5, 5.41) is 21.1. The molecule has 0 heterocycles. The van der Waals surface area contributed by atoms with Crippen LogP contribution in [-0.4, -0.2) is 61.5 Å². The average molecular weight is 435 g/mol. The Morgan fingerprint density at radius 3 is 1.38 bits per heavy atom. The van der Waals surface area contributed by atoms with Crippen LogP contribution in [0.3, 0.4) is 0 Å². The molecular weight excluding hydrogens is 396 g/mol. The van der Waals surface area contributed by atoms with Gasteiger partial charge in [-0.1, -0.05) is 42.5 Å². The molecule has 3 rings (SSSR count). The van der Waals surface area contributed by atoms with Crippen molar-refractivity contribution in [3.63, 3.8) is 0 Å². The highest BCUT2D eigenvalue weighted by Gasteiger charge is 2.33. The molecule has 0 saturated carbocycles. The van der Waals surface area contributed by atoms with Crippen molar-refractivity contribution in [2.24, 2.45) is 0 Å². The Hall–Kier alpha value is -2.82. The van der Waals surface area contributed by atoms with E-state index in [2.05, 4.69) is 85.6 Å². The number of hydrogen-bond donors (Lipinski definition) is 2. The number of phenols is 2. The van der Waals surface area contributed by atoms with Gasteiger partial charge in [0, 0.05) is 16.5 Å². The van der Waals surface area contributed by atoms with Crippen LogP contribution in [0, 0.1) is 0 Å². The topological polar surface area (TPSA) is 40.5 Å². The van der Waals surface area contributed by atoms with E-state index in [4.69, 9.17) is 0 Å². The van der Waals surface area contributed by atoms with Crippen LogP contribution in [0.15, 0.2) is 66.7 Å². The lowest BCUT2D eigenvalue weighted by Crippen LogP contribution is -2.34. The number of hydrogen-bond acceptors (Lipinski definition) is 2. The summed E-state index contributed by atoms with van der Waals surface area (Å²) in [7, 11) is 12.7. The van der Waals surface area contributed by atoms with Crippen molar-refractivity contribution in [2.75, 3.05) is 42.3 Å². The highest BCUT2D eigenvalue weighted by atomic mass is 16.3. The van der Waals surface area contributed by atoms with Gasteiger partial charge in [-0.15, -0.1) is 0 Å². The molecule has 0 amide bonds. The predicted molar refractivity (Wildman–Crippen MR) is 132 cm³/mol. The minimum atomic E-state index is -0.443. The molecule has 0 fully saturated rings. The molecule has 0 saturated heterocycles. The van der Waals surface area contributed by atoms with Crippen molar-refractivity contribution in [3.8, 4) is 11.5 Å². The molecular formula is C28H38N2O2+2.